The molecule has 0 amide bonds. The molecule has 27 heavy (non-hydrogen) atoms. The third kappa shape index (κ3) is 5.77. The molecular formula is C19H30FN5O2. The first-order valence-corrected chi connectivity index (χ1v) is 9.66. The molecule has 0 aromatic carbocycles. The summed E-state index contributed by atoms with van der Waals surface area (Å²) >= 11 is 0. The predicted molar refractivity (Wildman–Crippen MR) is 104 cm³/mol. The van der Waals surface area contributed by atoms with Crippen molar-refractivity contribution in [2.75, 3.05) is 64.6 Å². The van der Waals surface area contributed by atoms with Crippen LogP contribution in [0.1, 0.15) is 13.3 Å². The van der Waals surface area contributed by atoms with E-state index in [-0.39, 0.29) is 6.04 Å². The average Bonchev–Trinajstić information content (AvgIpc) is 3.19. The van der Waals surface area contributed by atoms with Crippen LogP contribution in [0.15, 0.2) is 23.2 Å². The molecule has 2 atom stereocenters. The number of ether oxygens (including phenoxy) is 2. The zero-order valence-electron chi connectivity index (χ0n) is 16.2. The molecule has 2 unspecified atom stereocenters. The van der Waals surface area contributed by atoms with Crippen molar-refractivity contribution in [3.05, 3.63) is 24.1 Å². The number of methoxy groups -OCH3 is 1. The van der Waals surface area contributed by atoms with Gasteiger partial charge in [0.15, 0.2) is 5.96 Å². The molecule has 0 spiro atoms. The summed E-state index contributed by atoms with van der Waals surface area (Å²) in [5.41, 5.74) is 0. The van der Waals surface area contributed by atoms with Gasteiger partial charge in [0.2, 0.25) is 5.95 Å². The van der Waals surface area contributed by atoms with Crippen LogP contribution in [-0.2, 0) is 9.47 Å². The van der Waals surface area contributed by atoms with Gasteiger partial charge in [-0.05, 0) is 25.5 Å². The first kappa shape index (κ1) is 19.8. The molecule has 2 fully saturated rings. The third-order valence-electron chi connectivity index (χ3n) is 4.92. The Morgan fingerprint density at radius 1 is 1.41 bits per heavy atom. The number of hydrogen-bond acceptors (Lipinski definition) is 5. The Labute approximate surface area is 160 Å². The lowest BCUT2D eigenvalue weighted by Crippen LogP contribution is -2.54. The second kappa shape index (κ2) is 9.85. The molecule has 0 radical (unpaired) electrons. The number of halogens is 1. The molecule has 0 aliphatic carbocycles. The number of nitrogens with one attached hydrogen (secondary N) is 1. The van der Waals surface area contributed by atoms with Gasteiger partial charge < -0.3 is 24.6 Å². The van der Waals surface area contributed by atoms with Gasteiger partial charge in [-0.2, -0.15) is 4.39 Å². The summed E-state index contributed by atoms with van der Waals surface area (Å²) in [7, 11) is 1.70. The van der Waals surface area contributed by atoms with Crippen LogP contribution in [0.3, 0.4) is 0 Å². The van der Waals surface area contributed by atoms with Crippen molar-refractivity contribution >= 4 is 11.8 Å². The van der Waals surface area contributed by atoms with E-state index < -0.39 is 5.95 Å². The Kier molecular flexibility index (Phi) is 7.23. The van der Waals surface area contributed by atoms with Gasteiger partial charge in [0, 0.05) is 58.4 Å². The number of hydrogen-bond donors (Lipinski definition) is 1. The van der Waals surface area contributed by atoms with Gasteiger partial charge in [-0.25, -0.2) is 4.98 Å². The van der Waals surface area contributed by atoms with E-state index in [4.69, 9.17) is 14.5 Å². The Bertz CT molecular complexity index is 616. The van der Waals surface area contributed by atoms with Crippen LogP contribution >= 0.6 is 0 Å². The van der Waals surface area contributed by atoms with E-state index in [0.717, 1.165) is 58.3 Å². The largest absolute Gasteiger partial charge is 0.383 e. The zero-order valence-corrected chi connectivity index (χ0v) is 16.2. The van der Waals surface area contributed by atoms with Crippen molar-refractivity contribution in [1.82, 2.24) is 15.2 Å². The van der Waals surface area contributed by atoms with E-state index in [9.17, 15) is 4.39 Å². The van der Waals surface area contributed by atoms with Crippen molar-refractivity contribution in [2.45, 2.75) is 19.4 Å². The molecule has 8 heteroatoms. The molecular weight excluding hydrogens is 349 g/mol. The molecule has 0 bridgehead atoms. The van der Waals surface area contributed by atoms with E-state index in [2.05, 4.69) is 27.0 Å². The number of pyridine rings is 1. The van der Waals surface area contributed by atoms with Crippen molar-refractivity contribution in [2.24, 2.45) is 10.9 Å². The van der Waals surface area contributed by atoms with E-state index >= 15 is 0 Å². The van der Waals surface area contributed by atoms with E-state index in [1.807, 2.05) is 6.07 Å². The Morgan fingerprint density at radius 2 is 2.22 bits per heavy atom. The molecule has 1 N–H and O–H groups in total. The number of guanidine groups is 1. The molecule has 3 heterocycles. The summed E-state index contributed by atoms with van der Waals surface area (Å²) in [5.74, 6) is 1.67. The second-order valence-electron chi connectivity index (χ2n) is 7.19. The molecule has 1 aromatic heterocycles. The van der Waals surface area contributed by atoms with Gasteiger partial charge in [0.1, 0.15) is 5.82 Å². The SMILES string of the molecule is COCC(C)NC(=NCC1CCOC1)N1CCN(c2cccc(F)n2)CC1. The van der Waals surface area contributed by atoms with Gasteiger partial charge in [-0.1, -0.05) is 6.07 Å². The summed E-state index contributed by atoms with van der Waals surface area (Å²) in [6.07, 6.45) is 1.07. The number of nitrogens with zero attached hydrogens (tertiary/aromatic N) is 4. The van der Waals surface area contributed by atoms with Crippen molar-refractivity contribution < 1.29 is 13.9 Å². The second-order valence-corrected chi connectivity index (χ2v) is 7.19. The maximum Gasteiger partial charge on any atom is 0.214 e. The minimum absolute atomic E-state index is 0.177. The normalized spacial score (nSPS) is 22.2. The molecule has 2 aliphatic rings. The zero-order chi connectivity index (χ0) is 19.1. The highest BCUT2D eigenvalue weighted by Gasteiger charge is 2.23. The summed E-state index contributed by atoms with van der Waals surface area (Å²) < 4.78 is 24.1. The summed E-state index contributed by atoms with van der Waals surface area (Å²) in [5, 5.41) is 3.49. The molecule has 2 aliphatic heterocycles. The number of aliphatic imine (C=N–C) groups is 1. The lowest BCUT2D eigenvalue weighted by atomic mass is 10.1. The number of aromatic nitrogens is 1. The maximum atomic E-state index is 13.4. The first-order chi connectivity index (χ1) is 13.2. The highest BCUT2D eigenvalue weighted by molar-refractivity contribution is 5.80. The van der Waals surface area contributed by atoms with Crippen LogP contribution in [0.25, 0.3) is 0 Å². The lowest BCUT2D eigenvalue weighted by Gasteiger charge is -2.38. The molecule has 7 nitrogen and oxygen atoms in total. The van der Waals surface area contributed by atoms with Crippen LogP contribution in [-0.4, -0.2) is 81.5 Å². The van der Waals surface area contributed by atoms with E-state index in [0.29, 0.717) is 18.3 Å². The van der Waals surface area contributed by atoms with Gasteiger partial charge >= 0.3 is 0 Å². The minimum atomic E-state index is -0.439. The third-order valence-corrected chi connectivity index (χ3v) is 4.92. The molecule has 2 saturated heterocycles. The van der Waals surface area contributed by atoms with E-state index in [1.165, 1.54) is 6.07 Å². The molecule has 150 valence electrons. The van der Waals surface area contributed by atoms with Crippen molar-refractivity contribution in [3.8, 4) is 0 Å². The van der Waals surface area contributed by atoms with Crippen molar-refractivity contribution in [1.29, 1.82) is 0 Å². The number of anilines is 1. The summed E-state index contributed by atoms with van der Waals surface area (Å²) in [6, 6.07) is 5.11. The van der Waals surface area contributed by atoms with Gasteiger partial charge in [-0.3, -0.25) is 4.99 Å². The van der Waals surface area contributed by atoms with Crippen molar-refractivity contribution in [3.63, 3.8) is 0 Å². The fourth-order valence-corrected chi connectivity index (χ4v) is 3.41. The quantitative estimate of drug-likeness (QED) is 0.458. The topological polar surface area (TPSA) is 62.2 Å². The van der Waals surface area contributed by atoms with E-state index in [1.54, 1.807) is 13.2 Å². The Balaban J connectivity index is 1.61. The first-order valence-electron chi connectivity index (χ1n) is 9.66. The molecule has 3 rings (SSSR count). The average molecular weight is 379 g/mol. The van der Waals surface area contributed by atoms with Gasteiger partial charge in [0.25, 0.3) is 0 Å². The monoisotopic (exact) mass is 379 g/mol. The maximum absolute atomic E-state index is 13.4. The molecule has 1 aromatic rings. The number of rotatable bonds is 6. The smallest absolute Gasteiger partial charge is 0.214 e. The summed E-state index contributed by atoms with van der Waals surface area (Å²) in [4.78, 5) is 13.2. The predicted octanol–water partition coefficient (Wildman–Crippen LogP) is 1.36. The van der Waals surface area contributed by atoms with Crippen LogP contribution in [0.2, 0.25) is 0 Å². The highest BCUT2D eigenvalue weighted by Crippen LogP contribution is 2.15. The van der Waals surface area contributed by atoms with Crippen LogP contribution < -0.4 is 10.2 Å². The number of piperazine rings is 1. The lowest BCUT2D eigenvalue weighted by molar-refractivity contribution is 0.177. The van der Waals surface area contributed by atoms with Crippen LogP contribution in [0, 0.1) is 11.9 Å². The molecule has 0 saturated carbocycles. The van der Waals surface area contributed by atoms with Crippen LogP contribution in [0.5, 0.6) is 0 Å². The minimum Gasteiger partial charge on any atom is -0.383 e. The fraction of sp³-hybridized carbons (Fsp3) is 0.684. The Hall–Kier alpha value is -1.93. The van der Waals surface area contributed by atoms with Gasteiger partial charge in [0.05, 0.1) is 13.2 Å². The highest BCUT2D eigenvalue weighted by atomic mass is 19.1. The Morgan fingerprint density at radius 3 is 2.89 bits per heavy atom. The fourth-order valence-electron chi connectivity index (χ4n) is 3.41. The van der Waals surface area contributed by atoms with Gasteiger partial charge in [-0.15, -0.1) is 0 Å². The summed E-state index contributed by atoms with van der Waals surface area (Å²) in [6.45, 7) is 8.29. The standard InChI is InChI=1S/C19H30FN5O2/c1-15(13-26-2)22-19(21-12-16-6-11-27-14-16)25-9-7-24(8-10-25)18-5-3-4-17(20)23-18/h3-5,15-16H,6-14H2,1-2H3,(H,21,22). The van der Waals surface area contributed by atoms with Crippen LogP contribution in [0.4, 0.5) is 10.2 Å².